The lowest BCUT2D eigenvalue weighted by molar-refractivity contribution is 0.00290. The molecule has 1 N–H and O–H groups in total. The second-order valence-corrected chi connectivity index (χ2v) is 5.20. The standard InChI is InChI=1S/C17H16F2O2/c18-14-7-3-6-13(17(14)19)15(20)10-16-12-5-2-1-4-11(12)8-9-21-16/h1-7,15-16,20H,8-10H2. The number of halogens is 2. The van der Waals surface area contributed by atoms with Crippen molar-refractivity contribution in [2.24, 2.45) is 0 Å². The minimum Gasteiger partial charge on any atom is -0.388 e. The van der Waals surface area contributed by atoms with E-state index in [-0.39, 0.29) is 18.1 Å². The molecular formula is C17H16F2O2. The van der Waals surface area contributed by atoms with Crippen molar-refractivity contribution in [2.75, 3.05) is 6.61 Å². The summed E-state index contributed by atoms with van der Waals surface area (Å²) >= 11 is 0. The van der Waals surface area contributed by atoms with Crippen LogP contribution in [0.3, 0.4) is 0 Å². The Hall–Kier alpha value is -1.78. The van der Waals surface area contributed by atoms with E-state index >= 15 is 0 Å². The highest BCUT2D eigenvalue weighted by atomic mass is 19.2. The Bertz CT molecular complexity index is 642. The van der Waals surface area contributed by atoms with Gasteiger partial charge in [0.25, 0.3) is 0 Å². The zero-order valence-electron chi connectivity index (χ0n) is 11.4. The molecule has 4 heteroatoms. The number of benzene rings is 2. The maximum absolute atomic E-state index is 13.7. The predicted octanol–water partition coefficient (Wildman–Crippen LogP) is 3.70. The molecule has 2 unspecified atom stereocenters. The van der Waals surface area contributed by atoms with E-state index in [0.29, 0.717) is 6.61 Å². The monoisotopic (exact) mass is 290 g/mol. The van der Waals surface area contributed by atoms with Gasteiger partial charge in [-0.3, -0.25) is 0 Å². The van der Waals surface area contributed by atoms with E-state index in [1.54, 1.807) is 0 Å². The van der Waals surface area contributed by atoms with Crippen LogP contribution in [0.1, 0.15) is 35.3 Å². The van der Waals surface area contributed by atoms with Crippen molar-refractivity contribution < 1.29 is 18.6 Å². The summed E-state index contributed by atoms with van der Waals surface area (Å²) in [5.41, 5.74) is 2.17. The normalized spacial score (nSPS) is 19.1. The van der Waals surface area contributed by atoms with E-state index in [9.17, 15) is 13.9 Å². The van der Waals surface area contributed by atoms with Gasteiger partial charge >= 0.3 is 0 Å². The summed E-state index contributed by atoms with van der Waals surface area (Å²) in [5.74, 6) is -1.94. The molecule has 0 radical (unpaired) electrons. The van der Waals surface area contributed by atoms with Crippen molar-refractivity contribution in [3.8, 4) is 0 Å². The van der Waals surface area contributed by atoms with Crippen molar-refractivity contribution in [1.29, 1.82) is 0 Å². The molecule has 2 atom stereocenters. The van der Waals surface area contributed by atoms with Crippen LogP contribution in [0, 0.1) is 11.6 Å². The van der Waals surface area contributed by atoms with Gasteiger partial charge in [-0.25, -0.2) is 8.78 Å². The zero-order valence-corrected chi connectivity index (χ0v) is 11.4. The maximum atomic E-state index is 13.7. The van der Waals surface area contributed by atoms with Crippen LogP contribution in [0.2, 0.25) is 0 Å². The maximum Gasteiger partial charge on any atom is 0.164 e. The fourth-order valence-electron chi connectivity index (χ4n) is 2.78. The van der Waals surface area contributed by atoms with E-state index in [1.165, 1.54) is 17.7 Å². The Labute approximate surface area is 122 Å². The number of ether oxygens (including phenoxy) is 1. The largest absolute Gasteiger partial charge is 0.388 e. The van der Waals surface area contributed by atoms with Crippen LogP contribution in [0.15, 0.2) is 42.5 Å². The second kappa shape index (κ2) is 5.92. The smallest absolute Gasteiger partial charge is 0.164 e. The SMILES string of the molecule is OC(CC1OCCc2ccccc21)c1cccc(F)c1F. The van der Waals surface area contributed by atoms with Crippen molar-refractivity contribution in [3.63, 3.8) is 0 Å². The molecular weight excluding hydrogens is 274 g/mol. The van der Waals surface area contributed by atoms with Gasteiger partial charge < -0.3 is 9.84 Å². The average Bonchev–Trinajstić information content (AvgIpc) is 2.50. The van der Waals surface area contributed by atoms with E-state index in [0.717, 1.165) is 18.1 Å². The minimum atomic E-state index is -1.10. The predicted molar refractivity (Wildman–Crippen MR) is 74.8 cm³/mol. The fourth-order valence-corrected chi connectivity index (χ4v) is 2.78. The van der Waals surface area contributed by atoms with Gasteiger partial charge in [0.2, 0.25) is 0 Å². The number of rotatable bonds is 3. The molecule has 2 aromatic rings. The topological polar surface area (TPSA) is 29.5 Å². The van der Waals surface area contributed by atoms with Gasteiger partial charge in [0.1, 0.15) is 0 Å². The lowest BCUT2D eigenvalue weighted by Gasteiger charge is -2.28. The van der Waals surface area contributed by atoms with E-state index < -0.39 is 17.7 Å². The number of hydrogen-bond acceptors (Lipinski definition) is 2. The highest BCUT2D eigenvalue weighted by Crippen LogP contribution is 2.35. The van der Waals surface area contributed by atoms with Crippen molar-refractivity contribution in [1.82, 2.24) is 0 Å². The summed E-state index contributed by atoms with van der Waals surface area (Å²) in [4.78, 5) is 0. The summed E-state index contributed by atoms with van der Waals surface area (Å²) < 4.78 is 32.7. The zero-order chi connectivity index (χ0) is 14.8. The Kier molecular flexibility index (Phi) is 3.99. The van der Waals surface area contributed by atoms with Crippen LogP contribution < -0.4 is 0 Å². The molecule has 1 aliphatic rings. The summed E-state index contributed by atoms with van der Waals surface area (Å²) in [6, 6.07) is 11.7. The minimum absolute atomic E-state index is 0.0262. The summed E-state index contributed by atoms with van der Waals surface area (Å²) in [6.07, 6.45) is -0.362. The quantitative estimate of drug-likeness (QED) is 0.934. The molecule has 2 aromatic carbocycles. The molecule has 0 aliphatic carbocycles. The van der Waals surface area contributed by atoms with Gasteiger partial charge in [0, 0.05) is 12.0 Å². The Balaban J connectivity index is 1.83. The van der Waals surface area contributed by atoms with Gasteiger partial charge in [-0.15, -0.1) is 0 Å². The van der Waals surface area contributed by atoms with Crippen LogP contribution in [0.4, 0.5) is 8.78 Å². The molecule has 1 heterocycles. The van der Waals surface area contributed by atoms with Crippen molar-refractivity contribution in [3.05, 3.63) is 70.8 Å². The molecule has 0 saturated carbocycles. The molecule has 0 bridgehead atoms. The van der Waals surface area contributed by atoms with E-state index in [4.69, 9.17) is 4.74 Å². The number of hydrogen-bond donors (Lipinski definition) is 1. The average molecular weight is 290 g/mol. The first-order valence-electron chi connectivity index (χ1n) is 6.98. The molecule has 0 saturated heterocycles. The van der Waals surface area contributed by atoms with Crippen molar-refractivity contribution in [2.45, 2.75) is 25.0 Å². The van der Waals surface area contributed by atoms with E-state index in [2.05, 4.69) is 0 Å². The lowest BCUT2D eigenvalue weighted by atomic mass is 9.92. The third-order valence-electron chi connectivity index (χ3n) is 3.87. The highest BCUT2D eigenvalue weighted by molar-refractivity contribution is 5.31. The molecule has 2 nitrogen and oxygen atoms in total. The number of fused-ring (bicyclic) bond motifs is 1. The number of aliphatic hydroxyl groups excluding tert-OH is 1. The second-order valence-electron chi connectivity index (χ2n) is 5.20. The fraction of sp³-hybridized carbons (Fsp3) is 0.294. The summed E-state index contributed by atoms with van der Waals surface area (Å²) in [5, 5.41) is 10.2. The molecule has 0 aromatic heterocycles. The molecule has 0 fully saturated rings. The molecule has 0 amide bonds. The van der Waals surface area contributed by atoms with Gasteiger partial charge in [-0.05, 0) is 23.6 Å². The molecule has 0 spiro atoms. The van der Waals surface area contributed by atoms with E-state index in [1.807, 2.05) is 24.3 Å². The van der Waals surface area contributed by atoms with Crippen LogP contribution in [-0.4, -0.2) is 11.7 Å². The molecule has 3 rings (SSSR count). The highest BCUT2D eigenvalue weighted by Gasteiger charge is 2.25. The lowest BCUT2D eigenvalue weighted by Crippen LogP contribution is -2.19. The van der Waals surface area contributed by atoms with Crippen LogP contribution in [-0.2, 0) is 11.2 Å². The Morgan fingerprint density at radius 2 is 1.95 bits per heavy atom. The number of aliphatic hydroxyl groups is 1. The van der Waals surface area contributed by atoms with Crippen LogP contribution in [0.5, 0.6) is 0 Å². The third-order valence-corrected chi connectivity index (χ3v) is 3.87. The first-order chi connectivity index (χ1) is 10.2. The summed E-state index contributed by atoms with van der Waals surface area (Å²) in [7, 11) is 0. The Morgan fingerprint density at radius 1 is 1.14 bits per heavy atom. The first-order valence-corrected chi connectivity index (χ1v) is 6.98. The summed E-state index contributed by atoms with van der Waals surface area (Å²) in [6.45, 7) is 0.569. The van der Waals surface area contributed by atoms with Gasteiger partial charge in [-0.1, -0.05) is 36.4 Å². The van der Waals surface area contributed by atoms with Crippen molar-refractivity contribution >= 4 is 0 Å². The third kappa shape index (κ3) is 2.82. The van der Waals surface area contributed by atoms with Gasteiger partial charge in [-0.2, -0.15) is 0 Å². The van der Waals surface area contributed by atoms with Gasteiger partial charge in [0.15, 0.2) is 11.6 Å². The molecule has 110 valence electrons. The Morgan fingerprint density at radius 3 is 2.81 bits per heavy atom. The van der Waals surface area contributed by atoms with Crippen LogP contribution >= 0.6 is 0 Å². The molecule has 21 heavy (non-hydrogen) atoms. The molecule has 1 aliphatic heterocycles. The van der Waals surface area contributed by atoms with Crippen LogP contribution in [0.25, 0.3) is 0 Å². The van der Waals surface area contributed by atoms with Gasteiger partial charge in [0.05, 0.1) is 18.8 Å². The first kappa shape index (κ1) is 14.2.